The van der Waals surface area contributed by atoms with Crippen molar-refractivity contribution in [3.8, 4) is 6.01 Å². The first-order chi connectivity index (χ1) is 24.7. The Morgan fingerprint density at radius 3 is 2.21 bits per heavy atom. The maximum absolute atomic E-state index is 12.9. The SMILES string of the molecule is Cc1ccc(NC(=O)C(=O)NCC[C@H](NC(=O)c2ccc(Nc3nc(NC4(c5ccc(Cl)cc5)CC4)nc(OCC(F)(F)F)n3)cc2)C(=O)O)cn1. The van der Waals surface area contributed by atoms with Crippen LogP contribution in [0.1, 0.15) is 40.9 Å². The largest absolute Gasteiger partial charge is 0.480 e. The summed E-state index contributed by atoms with van der Waals surface area (Å²) in [6.45, 7) is -0.117. The van der Waals surface area contributed by atoms with E-state index < -0.39 is 54.1 Å². The maximum Gasteiger partial charge on any atom is 0.422 e. The van der Waals surface area contributed by atoms with Crippen LogP contribution < -0.4 is 31.3 Å². The van der Waals surface area contributed by atoms with E-state index in [0.717, 1.165) is 5.56 Å². The number of nitrogens with one attached hydrogen (secondary N) is 5. The molecule has 0 unspecified atom stereocenters. The van der Waals surface area contributed by atoms with Gasteiger partial charge in [-0.15, -0.1) is 0 Å². The lowest BCUT2D eigenvalue weighted by molar-refractivity contribution is -0.154. The molecule has 0 spiro atoms. The van der Waals surface area contributed by atoms with Crippen LogP contribution >= 0.6 is 11.6 Å². The van der Waals surface area contributed by atoms with Gasteiger partial charge in [0.1, 0.15) is 6.04 Å². The van der Waals surface area contributed by atoms with Crippen LogP contribution in [0.25, 0.3) is 0 Å². The lowest BCUT2D eigenvalue weighted by Crippen LogP contribution is -2.44. The zero-order valence-corrected chi connectivity index (χ0v) is 28.0. The number of ether oxygens (including phenoxy) is 1. The molecule has 19 heteroatoms. The molecule has 1 saturated carbocycles. The van der Waals surface area contributed by atoms with Gasteiger partial charge >= 0.3 is 30.0 Å². The Kier molecular flexibility index (Phi) is 11.4. The Labute approximate surface area is 298 Å². The Hall–Kier alpha value is -6.04. The minimum atomic E-state index is -4.64. The highest BCUT2D eigenvalue weighted by Gasteiger charge is 2.45. The van der Waals surface area contributed by atoms with Crippen molar-refractivity contribution >= 4 is 58.6 Å². The molecule has 1 aliphatic rings. The van der Waals surface area contributed by atoms with Gasteiger partial charge in [-0.1, -0.05) is 23.7 Å². The molecule has 0 radical (unpaired) electrons. The molecule has 272 valence electrons. The molecule has 4 aromatic rings. The molecule has 2 aromatic carbocycles. The van der Waals surface area contributed by atoms with Crippen molar-refractivity contribution in [1.29, 1.82) is 0 Å². The van der Waals surface area contributed by atoms with Crippen LogP contribution in [0.15, 0.2) is 66.9 Å². The Morgan fingerprint density at radius 2 is 1.60 bits per heavy atom. The molecule has 15 nitrogen and oxygen atoms in total. The third-order valence-corrected chi connectivity index (χ3v) is 7.83. The highest BCUT2D eigenvalue weighted by molar-refractivity contribution is 6.39. The highest BCUT2D eigenvalue weighted by Crippen LogP contribution is 2.48. The number of hydrogen-bond acceptors (Lipinski definition) is 11. The minimum absolute atomic E-state index is 0.0433. The molecule has 0 aliphatic heterocycles. The van der Waals surface area contributed by atoms with Crippen LogP contribution in [0.2, 0.25) is 5.02 Å². The van der Waals surface area contributed by atoms with Crippen LogP contribution in [0.4, 0.5) is 36.4 Å². The molecule has 0 saturated heterocycles. The molecule has 1 aliphatic carbocycles. The second-order valence-electron chi connectivity index (χ2n) is 11.6. The normalized spacial score (nSPS) is 13.6. The summed E-state index contributed by atoms with van der Waals surface area (Å²) < 4.78 is 43.5. The number of benzene rings is 2. The summed E-state index contributed by atoms with van der Waals surface area (Å²) in [4.78, 5) is 65.2. The summed E-state index contributed by atoms with van der Waals surface area (Å²) in [5, 5.41) is 23.2. The van der Waals surface area contributed by atoms with E-state index in [0.29, 0.717) is 34.9 Å². The van der Waals surface area contributed by atoms with Gasteiger partial charge in [0.25, 0.3) is 5.91 Å². The van der Waals surface area contributed by atoms with Crippen molar-refractivity contribution in [3.63, 3.8) is 0 Å². The molecule has 2 heterocycles. The average molecular weight is 742 g/mol. The molecule has 6 N–H and O–H groups in total. The van der Waals surface area contributed by atoms with E-state index in [4.69, 9.17) is 16.3 Å². The third-order valence-electron chi connectivity index (χ3n) is 7.58. The monoisotopic (exact) mass is 741 g/mol. The lowest BCUT2D eigenvalue weighted by Gasteiger charge is -2.19. The van der Waals surface area contributed by atoms with E-state index in [1.165, 1.54) is 30.5 Å². The zero-order chi connectivity index (χ0) is 37.5. The molecule has 5 rings (SSSR count). The van der Waals surface area contributed by atoms with E-state index in [-0.39, 0.29) is 30.4 Å². The number of alkyl halides is 3. The topological polar surface area (TPSA) is 209 Å². The summed E-state index contributed by atoms with van der Waals surface area (Å²) in [6.07, 6.45) is -2.10. The number of carboxylic acid groups (broad SMARTS) is 1. The number of pyridine rings is 1. The van der Waals surface area contributed by atoms with Gasteiger partial charge in [-0.3, -0.25) is 19.4 Å². The zero-order valence-electron chi connectivity index (χ0n) is 27.3. The van der Waals surface area contributed by atoms with E-state index >= 15 is 0 Å². The number of carbonyl (C=O) groups excluding carboxylic acids is 3. The summed E-state index contributed by atoms with van der Waals surface area (Å²) >= 11 is 6.01. The number of aryl methyl sites for hydroxylation is 1. The number of aliphatic carboxylic acids is 1. The van der Waals surface area contributed by atoms with Crippen molar-refractivity contribution in [2.45, 2.75) is 43.9 Å². The first-order valence-corrected chi connectivity index (χ1v) is 16.0. The second-order valence-corrected chi connectivity index (χ2v) is 12.1. The lowest BCUT2D eigenvalue weighted by atomic mass is 10.1. The second kappa shape index (κ2) is 15.9. The van der Waals surface area contributed by atoms with Gasteiger partial charge in [-0.2, -0.15) is 28.1 Å². The Bertz CT molecular complexity index is 1930. The van der Waals surface area contributed by atoms with E-state index in [1.807, 2.05) is 12.1 Å². The van der Waals surface area contributed by atoms with Crippen LogP contribution in [0.3, 0.4) is 0 Å². The van der Waals surface area contributed by atoms with Crippen LogP contribution in [0, 0.1) is 6.92 Å². The standard InChI is InChI=1S/C33H31ClF3N9O6/c1-18-2-9-23(16-39-18)40-27(49)26(48)38-15-12-24(28(50)51)42-25(47)19-3-10-22(11-4-19)41-29-43-30(45-31(44-29)52-17-33(35,36)37)46-32(13-14-32)20-5-7-21(34)8-6-20/h2-11,16,24H,12-15,17H2,1H3,(H,38,48)(H,40,49)(H,42,47)(H,50,51)(H2,41,43,44,45,46)/t24-/m0/s1. The first-order valence-electron chi connectivity index (χ1n) is 15.6. The van der Waals surface area contributed by atoms with Crippen LogP contribution in [0.5, 0.6) is 6.01 Å². The van der Waals surface area contributed by atoms with Gasteiger partial charge in [-0.05, 0) is 80.3 Å². The maximum atomic E-state index is 12.9. The van der Waals surface area contributed by atoms with Crippen molar-refractivity contribution in [3.05, 3.63) is 88.7 Å². The summed E-state index contributed by atoms with van der Waals surface area (Å²) in [6, 6.07) is 13.9. The number of anilines is 4. The summed E-state index contributed by atoms with van der Waals surface area (Å²) in [5.74, 6) is -4.30. The van der Waals surface area contributed by atoms with Crippen molar-refractivity contribution in [2.24, 2.45) is 0 Å². The number of rotatable bonds is 14. The number of carbonyl (C=O) groups is 4. The Morgan fingerprint density at radius 1 is 0.923 bits per heavy atom. The molecule has 1 atom stereocenters. The number of carboxylic acids is 1. The molecular formula is C33H31ClF3N9O6. The molecule has 1 fully saturated rings. The average Bonchev–Trinajstić information content (AvgIpc) is 3.88. The smallest absolute Gasteiger partial charge is 0.422 e. The summed E-state index contributed by atoms with van der Waals surface area (Å²) in [5.41, 5.74) is 1.73. The van der Waals surface area contributed by atoms with Gasteiger partial charge in [0.2, 0.25) is 11.9 Å². The molecule has 52 heavy (non-hydrogen) atoms. The van der Waals surface area contributed by atoms with E-state index in [1.54, 1.807) is 31.2 Å². The van der Waals surface area contributed by atoms with Gasteiger partial charge in [0.05, 0.1) is 17.4 Å². The molecular weight excluding hydrogens is 711 g/mol. The quantitative estimate of drug-likeness (QED) is 0.0998. The number of nitrogens with zero attached hydrogens (tertiary/aromatic N) is 4. The first kappa shape index (κ1) is 37.2. The van der Waals surface area contributed by atoms with Gasteiger partial charge in [-0.25, -0.2) is 4.79 Å². The van der Waals surface area contributed by atoms with Crippen molar-refractivity contribution in [2.75, 3.05) is 29.1 Å². The number of aromatic nitrogens is 4. The molecule has 2 aromatic heterocycles. The highest BCUT2D eigenvalue weighted by atomic mass is 35.5. The molecule has 0 bridgehead atoms. The predicted molar refractivity (Wildman–Crippen MR) is 181 cm³/mol. The van der Waals surface area contributed by atoms with Crippen LogP contribution in [-0.4, -0.2) is 74.1 Å². The third kappa shape index (κ3) is 10.5. The fourth-order valence-corrected chi connectivity index (χ4v) is 4.87. The number of hydrogen-bond donors (Lipinski definition) is 6. The fraction of sp³-hybridized carbons (Fsp3) is 0.273. The minimum Gasteiger partial charge on any atom is -0.480 e. The van der Waals surface area contributed by atoms with Gasteiger partial charge in [0.15, 0.2) is 6.61 Å². The summed E-state index contributed by atoms with van der Waals surface area (Å²) in [7, 11) is 0. The van der Waals surface area contributed by atoms with Gasteiger partial charge < -0.3 is 36.4 Å². The number of halogens is 4. The molecule has 3 amide bonds. The predicted octanol–water partition coefficient (Wildman–Crippen LogP) is 4.34. The van der Waals surface area contributed by atoms with E-state index in [2.05, 4.69) is 46.5 Å². The van der Waals surface area contributed by atoms with Crippen LogP contribution in [-0.2, 0) is 19.9 Å². The van der Waals surface area contributed by atoms with Gasteiger partial charge in [0, 0.05) is 28.5 Å². The fourth-order valence-electron chi connectivity index (χ4n) is 4.75. The van der Waals surface area contributed by atoms with E-state index in [9.17, 15) is 37.5 Å². The number of amides is 3. The van der Waals surface area contributed by atoms with Crippen molar-refractivity contribution in [1.82, 2.24) is 30.6 Å². The van der Waals surface area contributed by atoms with Crippen molar-refractivity contribution < 1.29 is 42.2 Å². The Balaban J connectivity index is 1.19.